The summed E-state index contributed by atoms with van der Waals surface area (Å²) < 4.78 is 8.06. The Morgan fingerprint density at radius 3 is 2.79 bits per heavy atom. The van der Waals surface area contributed by atoms with E-state index in [1.54, 1.807) is 23.1 Å². The Bertz CT molecular complexity index is 931. The van der Waals surface area contributed by atoms with Crippen molar-refractivity contribution in [2.45, 2.75) is 49.7 Å². The fourth-order valence-corrected chi connectivity index (χ4v) is 5.76. The summed E-state index contributed by atoms with van der Waals surface area (Å²) in [5.41, 5.74) is 2.04. The van der Waals surface area contributed by atoms with Gasteiger partial charge in [0.05, 0.1) is 12.6 Å². The predicted molar refractivity (Wildman–Crippen MR) is 118 cm³/mol. The Kier molecular flexibility index (Phi) is 6.63. The largest absolute Gasteiger partial charge is 0.376 e. The molecule has 0 N–H and O–H groups in total. The molecule has 148 valence electrons. The summed E-state index contributed by atoms with van der Waals surface area (Å²) >= 11 is 16.0. The van der Waals surface area contributed by atoms with Gasteiger partial charge in [-0.15, -0.1) is 21.5 Å². The number of hydrogen-bond donors (Lipinski definition) is 0. The standard InChI is InChI=1S/C20H21Cl2N3OS2/c1-2-15-9-13(11-27-15)19-23-24-20(25(19)10-14-5-4-8-26-14)28-12-16-17(21)6-3-7-18(16)22/h3,6-7,9,11,14H,2,4-5,8,10,12H2,1H3. The van der Waals surface area contributed by atoms with Crippen LogP contribution >= 0.6 is 46.3 Å². The van der Waals surface area contributed by atoms with Crippen LogP contribution in [-0.2, 0) is 23.5 Å². The number of thioether (sulfide) groups is 1. The Morgan fingerprint density at radius 2 is 2.11 bits per heavy atom. The van der Waals surface area contributed by atoms with Crippen molar-refractivity contribution in [2.75, 3.05) is 6.61 Å². The third kappa shape index (κ3) is 4.41. The lowest BCUT2D eigenvalue weighted by Gasteiger charge is -2.14. The van der Waals surface area contributed by atoms with Crippen molar-refractivity contribution in [1.29, 1.82) is 0 Å². The molecular formula is C20H21Cl2N3OS2. The molecular weight excluding hydrogens is 433 g/mol. The number of nitrogens with zero attached hydrogens (tertiary/aromatic N) is 3. The van der Waals surface area contributed by atoms with Gasteiger partial charge < -0.3 is 4.74 Å². The second-order valence-corrected chi connectivity index (χ2v) is 9.45. The van der Waals surface area contributed by atoms with E-state index in [-0.39, 0.29) is 6.10 Å². The van der Waals surface area contributed by atoms with Gasteiger partial charge in [-0.05, 0) is 43.0 Å². The van der Waals surface area contributed by atoms with Crippen LogP contribution in [0.15, 0.2) is 34.8 Å². The van der Waals surface area contributed by atoms with Gasteiger partial charge in [0.15, 0.2) is 11.0 Å². The molecule has 1 atom stereocenters. The van der Waals surface area contributed by atoms with E-state index in [4.69, 9.17) is 27.9 Å². The molecule has 0 saturated carbocycles. The van der Waals surface area contributed by atoms with Crippen LogP contribution in [0.5, 0.6) is 0 Å². The van der Waals surface area contributed by atoms with Crippen LogP contribution in [0, 0.1) is 0 Å². The summed E-state index contributed by atoms with van der Waals surface area (Å²) in [6.07, 6.45) is 3.42. The predicted octanol–water partition coefficient (Wildman–Crippen LogP) is 6.35. The SMILES string of the molecule is CCc1cc(-c2nnc(SCc3c(Cl)cccc3Cl)n2CC2CCCO2)cs1. The van der Waals surface area contributed by atoms with Gasteiger partial charge in [-0.1, -0.05) is 48.0 Å². The fourth-order valence-electron chi connectivity index (χ4n) is 3.26. The van der Waals surface area contributed by atoms with E-state index in [9.17, 15) is 0 Å². The molecule has 1 fully saturated rings. The summed E-state index contributed by atoms with van der Waals surface area (Å²) in [7, 11) is 0. The number of thiophene rings is 1. The lowest BCUT2D eigenvalue weighted by molar-refractivity contribution is 0.0953. The number of rotatable bonds is 7. The molecule has 4 rings (SSSR count). The van der Waals surface area contributed by atoms with E-state index >= 15 is 0 Å². The number of ether oxygens (including phenoxy) is 1. The van der Waals surface area contributed by atoms with Gasteiger partial charge in [-0.3, -0.25) is 4.57 Å². The van der Waals surface area contributed by atoms with Gasteiger partial charge in [0.25, 0.3) is 0 Å². The number of benzene rings is 1. The highest BCUT2D eigenvalue weighted by molar-refractivity contribution is 7.98. The summed E-state index contributed by atoms with van der Waals surface area (Å²) in [4.78, 5) is 1.35. The van der Waals surface area contributed by atoms with Crippen molar-refractivity contribution in [2.24, 2.45) is 0 Å². The minimum Gasteiger partial charge on any atom is -0.376 e. The third-order valence-electron chi connectivity index (χ3n) is 4.79. The molecule has 3 heterocycles. The molecule has 0 amide bonds. The maximum absolute atomic E-state index is 6.33. The minimum atomic E-state index is 0.210. The number of aryl methyl sites for hydroxylation is 1. The first-order valence-electron chi connectivity index (χ1n) is 9.34. The van der Waals surface area contributed by atoms with Crippen LogP contribution in [0.1, 0.15) is 30.2 Å². The molecule has 0 spiro atoms. The van der Waals surface area contributed by atoms with Gasteiger partial charge in [0.2, 0.25) is 0 Å². The van der Waals surface area contributed by atoms with Crippen molar-refractivity contribution in [3.63, 3.8) is 0 Å². The maximum Gasteiger partial charge on any atom is 0.191 e. The zero-order valence-electron chi connectivity index (χ0n) is 15.5. The van der Waals surface area contributed by atoms with Crippen LogP contribution in [0.25, 0.3) is 11.4 Å². The molecule has 4 nitrogen and oxygen atoms in total. The Morgan fingerprint density at radius 1 is 1.29 bits per heavy atom. The van der Waals surface area contributed by atoms with Crippen molar-refractivity contribution >= 4 is 46.3 Å². The summed E-state index contributed by atoms with van der Waals surface area (Å²) in [5, 5.41) is 13.4. The minimum absolute atomic E-state index is 0.210. The lowest BCUT2D eigenvalue weighted by atomic mass is 10.2. The molecule has 1 saturated heterocycles. The number of aromatic nitrogens is 3. The lowest BCUT2D eigenvalue weighted by Crippen LogP contribution is -2.16. The first-order chi connectivity index (χ1) is 13.7. The van der Waals surface area contributed by atoms with Crippen molar-refractivity contribution in [1.82, 2.24) is 14.8 Å². The highest BCUT2D eigenvalue weighted by Gasteiger charge is 2.22. The van der Waals surface area contributed by atoms with E-state index in [0.29, 0.717) is 15.8 Å². The molecule has 28 heavy (non-hydrogen) atoms. The topological polar surface area (TPSA) is 39.9 Å². The average molecular weight is 454 g/mol. The molecule has 0 radical (unpaired) electrons. The second kappa shape index (κ2) is 9.18. The molecule has 2 aromatic heterocycles. The molecule has 0 bridgehead atoms. The fraction of sp³-hybridized carbons (Fsp3) is 0.400. The number of halogens is 2. The maximum atomic E-state index is 6.33. The van der Waals surface area contributed by atoms with Gasteiger partial charge >= 0.3 is 0 Å². The molecule has 8 heteroatoms. The van der Waals surface area contributed by atoms with Gasteiger partial charge in [0, 0.05) is 38.2 Å². The first-order valence-corrected chi connectivity index (χ1v) is 12.0. The van der Waals surface area contributed by atoms with E-state index in [2.05, 4.69) is 33.1 Å². The Labute approximate surface area is 183 Å². The normalized spacial score (nSPS) is 16.8. The van der Waals surface area contributed by atoms with E-state index in [1.165, 1.54) is 4.88 Å². The van der Waals surface area contributed by atoms with E-state index in [1.807, 2.05) is 18.2 Å². The van der Waals surface area contributed by atoms with Gasteiger partial charge in [0.1, 0.15) is 0 Å². The van der Waals surface area contributed by atoms with Gasteiger partial charge in [-0.2, -0.15) is 0 Å². The summed E-state index contributed by atoms with van der Waals surface area (Å²) in [6.45, 7) is 3.76. The molecule has 3 aromatic rings. The number of hydrogen-bond acceptors (Lipinski definition) is 5. The van der Waals surface area contributed by atoms with Crippen molar-refractivity contribution in [3.8, 4) is 11.4 Å². The van der Waals surface area contributed by atoms with Crippen molar-refractivity contribution in [3.05, 3.63) is 50.1 Å². The monoisotopic (exact) mass is 453 g/mol. The van der Waals surface area contributed by atoms with Crippen molar-refractivity contribution < 1.29 is 4.74 Å². The van der Waals surface area contributed by atoms with E-state index in [0.717, 1.165) is 54.5 Å². The van der Waals surface area contributed by atoms with E-state index < -0.39 is 0 Å². The van der Waals surface area contributed by atoms with Crippen LogP contribution in [0.2, 0.25) is 10.0 Å². The zero-order chi connectivity index (χ0) is 19.5. The molecule has 1 aliphatic heterocycles. The van der Waals surface area contributed by atoms with Gasteiger partial charge in [-0.25, -0.2) is 0 Å². The Hall–Kier alpha value is -1.05. The highest BCUT2D eigenvalue weighted by atomic mass is 35.5. The van der Waals surface area contributed by atoms with Crippen LogP contribution in [-0.4, -0.2) is 27.5 Å². The third-order valence-corrected chi connectivity index (χ3v) is 7.58. The average Bonchev–Trinajstić information content (AvgIpc) is 3.43. The van der Waals surface area contributed by atoms with Crippen LogP contribution in [0.4, 0.5) is 0 Å². The smallest absolute Gasteiger partial charge is 0.191 e. The highest BCUT2D eigenvalue weighted by Crippen LogP contribution is 2.34. The molecule has 0 aliphatic carbocycles. The summed E-state index contributed by atoms with van der Waals surface area (Å²) in [5.74, 6) is 1.55. The molecule has 1 aliphatic rings. The molecule has 1 unspecified atom stereocenters. The molecule has 1 aromatic carbocycles. The van der Waals surface area contributed by atoms with Crippen LogP contribution < -0.4 is 0 Å². The second-order valence-electron chi connectivity index (χ2n) is 6.70. The Balaban J connectivity index is 1.62. The summed E-state index contributed by atoms with van der Waals surface area (Å²) in [6, 6.07) is 7.80. The zero-order valence-corrected chi connectivity index (χ0v) is 18.7. The quantitative estimate of drug-likeness (QED) is 0.390. The van der Waals surface area contributed by atoms with Crippen LogP contribution in [0.3, 0.4) is 0 Å². The first kappa shape index (κ1) is 20.2.